The van der Waals surface area contributed by atoms with Crippen LogP contribution in [-0.2, 0) is 11.0 Å². The van der Waals surface area contributed by atoms with E-state index < -0.39 is 16.4 Å². The van der Waals surface area contributed by atoms with E-state index in [9.17, 15) is 0 Å². The zero-order valence-electron chi connectivity index (χ0n) is 14.8. The highest BCUT2D eigenvalue weighted by atomic mass is 28.4. The molecule has 0 atom stereocenters. The Morgan fingerprint density at radius 2 is 1.71 bits per heavy atom. The van der Waals surface area contributed by atoms with Crippen LogP contribution in [0.2, 0.25) is 37.8 Å². The summed E-state index contributed by atoms with van der Waals surface area (Å²) in [5.74, 6) is 3.21. The molecule has 0 aliphatic carbocycles. The Balaban J connectivity index is 2.80. The highest BCUT2D eigenvalue weighted by Gasteiger charge is 2.37. The van der Waals surface area contributed by atoms with Crippen molar-refractivity contribution >= 4 is 16.4 Å². The van der Waals surface area contributed by atoms with Gasteiger partial charge in [0.2, 0.25) is 0 Å². The maximum Gasteiger partial charge on any atom is 0.192 e. The number of pyridine rings is 1. The van der Waals surface area contributed by atoms with Gasteiger partial charge >= 0.3 is 0 Å². The van der Waals surface area contributed by atoms with Gasteiger partial charge in [0.25, 0.3) is 0 Å². The number of hydrogen-bond donors (Lipinski definition) is 0. The van der Waals surface area contributed by atoms with Gasteiger partial charge in [0.15, 0.2) is 8.32 Å². The van der Waals surface area contributed by atoms with Crippen LogP contribution in [0.1, 0.15) is 32.2 Å². The van der Waals surface area contributed by atoms with E-state index in [1.54, 1.807) is 0 Å². The van der Waals surface area contributed by atoms with Crippen molar-refractivity contribution in [1.29, 1.82) is 0 Å². The Labute approximate surface area is 132 Å². The van der Waals surface area contributed by atoms with Gasteiger partial charge in [0, 0.05) is 0 Å². The molecule has 0 saturated carbocycles. The fourth-order valence-electron chi connectivity index (χ4n) is 1.35. The lowest BCUT2D eigenvalue weighted by Gasteiger charge is -2.36. The van der Waals surface area contributed by atoms with Crippen LogP contribution in [0.3, 0.4) is 0 Å². The molecule has 21 heavy (non-hydrogen) atoms. The van der Waals surface area contributed by atoms with Crippen molar-refractivity contribution in [2.24, 2.45) is 0 Å². The van der Waals surface area contributed by atoms with Gasteiger partial charge in [0.1, 0.15) is 13.8 Å². The smallest absolute Gasteiger partial charge is 0.192 e. The number of aromatic nitrogens is 1. The minimum Gasteiger partial charge on any atom is -0.411 e. The molecule has 1 rings (SSSR count). The topological polar surface area (TPSA) is 22.1 Å². The van der Waals surface area contributed by atoms with E-state index in [1.165, 1.54) is 0 Å². The van der Waals surface area contributed by atoms with Crippen molar-refractivity contribution in [3.05, 3.63) is 29.6 Å². The summed E-state index contributed by atoms with van der Waals surface area (Å²) in [6, 6.07) is 6.02. The maximum absolute atomic E-state index is 6.22. The third kappa shape index (κ3) is 6.17. The van der Waals surface area contributed by atoms with Crippen LogP contribution in [-0.4, -0.2) is 21.4 Å². The summed E-state index contributed by atoms with van der Waals surface area (Å²) in [7, 11) is -3.08. The van der Waals surface area contributed by atoms with Crippen LogP contribution in [0.15, 0.2) is 18.2 Å². The van der Waals surface area contributed by atoms with Gasteiger partial charge in [-0.2, -0.15) is 0 Å². The molecule has 0 saturated heterocycles. The predicted octanol–water partition coefficient (Wildman–Crippen LogP) is 4.83. The van der Waals surface area contributed by atoms with Crippen molar-refractivity contribution in [2.45, 2.75) is 65.2 Å². The van der Waals surface area contributed by atoms with Crippen LogP contribution in [0.25, 0.3) is 0 Å². The third-order valence-electron chi connectivity index (χ3n) is 3.76. The van der Waals surface area contributed by atoms with E-state index in [0.717, 1.165) is 11.4 Å². The minimum atomic E-state index is -1.72. The molecule has 0 aromatic carbocycles. The summed E-state index contributed by atoms with van der Waals surface area (Å²) in [6.07, 6.45) is 0. The summed E-state index contributed by atoms with van der Waals surface area (Å²) in [6.45, 7) is 18.6. The Morgan fingerprint density at radius 1 is 1.10 bits per heavy atom. The van der Waals surface area contributed by atoms with Gasteiger partial charge in [0.05, 0.1) is 12.3 Å². The predicted molar refractivity (Wildman–Crippen MR) is 96.4 cm³/mol. The number of hydrogen-bond acceptors (Lipinski definition) is 2. The van der Waals surface area contributed by atoms with Crippen LogP contribution in [0.5, 0.6) is 0 Å². The molecule has 0 unspecified atom stereocenters. The largest absolute Gasteiger partial charge is 0.411 e. The van der Waals surface area contributed by atoms with E-state index in [2.05, 4.69) is 70.0 Å². The molecular formula is C17H29NOSi2. The van der Waals surface area contributed by atoms with Crippen molar-refractivity contribution in [3.8, 4) is 11.5 Å². The molecule has 0 fully saturated rings. The SMILES string of the molecule is CC(C)(C)[Si](C)(C)OCc1cccc(C#C[Si](C)(C)C)n1. The Hall–Kier alpha value is -0.896. The average Bonchev–Trinajstić information content (AvgIpc) is 2.32. The average molecular weight is 320 g/mol. The number of nitrogens with zero attached hydrogens (tertiary/aromatic N) is 1. The molecular weight excluding hydrogens is 290 g/mol. The summed E-state index contributed by atoms with van der Waals surface area (Å²) < 4.78 is 6.22. The summed E-state index contributed by atoms with van der Waals surface area (Å²) >= 11 is 0. The first-order valence-corrected chi connectivity index (χ1v) is 13.9. The fraction of sp³-hybridized carbons (Fsp3) is 0.588. The molecule has 0 bridgehead atoms. The van der Waals surface area contributed by atoms with Gasteiger partial charge in [-0.05, 0) is 30.3 Å². The van der Waals surface area contributed by atoms with E-state index >= 15 is 0 Å². The molecule has 0 aliphatic heterocycles. The summed E-state index contributed by atoms with van der Waals surface area (Å²) in [5, 5.41) is 0.224. The fourth-order valence-corrected chi connectivity index (χ4v) is 2.80. The highest BCUT2D eigenvalue weighted by molar-refractivity contribution is 6.83. The first-order chi connectivity index (χ1) is 9.41. The second kappa shape index (κ2) is 6.47. The lowest BCUT2D eigenvalue weighted by atomic mass is 10.2. The van der Waals surface area contributed by atoms with Crippen LogP contribution >= 0.6 is 0 Å². The summed E-state index contributed by atoms with van der Waals surface area (Å²) in [5.41, 5.74) is 5.19. The minimum absolute atomic E-state index is 0.224. The third-order valence-corrected chi connectivity index (χ3v) is 9.11. The molecule has 1 aromatic heterocycles. The van der Waals surface area contributed by atoms with E-state index in [0.29, 0.717) is 6.61 Å². The molecule has 0 spiro atoms. The Kier molecular flexibility index (Phi) is 5.59. The normalized spacial score (nSPS) is 12.8. The van der Waals surface area contributed by atoms with Crippen molar-refractivity contribution in [1.82, 2.24) is 4.98 Å². The van der Waals surface area contributed by atoms with Crippen LogP contribution in [0.4, 0.5) is 0 Å². The first-order valence-electron chi connectivity index (χ1n) is 7.54. The molecule has 0 amide bonds. The Bertz CT molecular complexity index is 542. The van der Waals surface area contributed by atoms with Gasteiger partial charge in [-0.3, -0.25) is 0 Å². The monoisotopic (exact) mass is 319 g/mol. The lowest BCUT2D eigenvalue weighted by molar-refractivity contribution is 0.272. The molecule has 0 N–H and O–H groups in total. The molecule has 0 radical (unpaired) electrons. The highest BCUT2D eigenvalue weighted by Crippen LogP contribution is 2.36. The molecule has 0 aliphatic rings. The molecule has 116 valence electrons. The zero-order chi connectivity index (χ0) is 16.3. The maximum atomic E-state index is 6.22. The van der Waals surface area contributed by atoms with E-state index in [-0.39, 0.29) is 5.04 Å². The number of rotatable bonds is 3. The van der Waals surface area contributed by atoms with Gasteiger partial charge in [-0.1, -0.05) is 52.4 Å². The van der Waals surface area contributed by atoms with Crippen LogP contribution < -0.4 is 0 Å². The quantitative estimate of drug-likeness (QED) is 0.588. The first kappa shape index (κ1) is 18.2. The molecule has 1 aromatic rings. The van der Waals surface area contributed by atoms with Gasteiger partial charge < -0.3 is 4.43 Å². The van der Waals surface area contributed by atoms with Crippen molar-refractivity contribution in [2.75, 3.05) is 0 Å². The molecule has 1 heterocycles. The lowest BCUT2D eigenvalue weighted by Crippen LogP contribution is -2.40. The Morgan fingerprint density at radius 3 is 2.24 bits per heavy atom. The summed E-state index contributed by atoms with van der Waals surface area (Å²) in [4.78, 5) is 4.61. The van der Waals surface area contributed by atoms with Crippen molar-refractivity contribution in [3.63, 3.8) is 0 Å². The zero-order valence-corrected chi connectivity index (χ0v) is 16.8. The van der Waals surface area contributed by atoms with Crippen molar-refractivity contribution < 1.29 is 4.43 Å². The van der Waals surface area contributed by atoms with E-state index in [4.69, 9.17) is 4.43 Å². The van der Waals surface area contributed by atoms with Gasteiger partial charge in [-0.15, -0.1) is 5.54 Å². The standard InChI is InChI=1S/C17H29NOSi2/c1-17(2,3)21(7,8)19-14-16-11-9-10-15(18-16)12-13-20(4,5)6/h9-11H,14H2,1-8H3. The van der Waals surface area contributed by atoms with Crippen LogP contribution in [0, 0.1) is 11.5 Å². The second-order valence-electron chi connectivity index (χ2n) is 8.06. The van der Waals surface area contributed by atoms with E-state index in [1.807, 2.05) is 18.2 Å². The molecule has 2 nitrogen and oxygen atoms in total. The molecule has 4 heteroatoms. The second-order valence-corrected chi connectivity index (χ2v) is 17.6. The van der Waals surface area contributed by atoms with Gasteiger partial charge in [-0.25, -0.2) is 4.98 Å².